The Morgan fingerprint density at radius 3 is 3.00 bits per heavy atom. The molecule has 0 aromatic heterocycles. The van der Waals surface area contributed by atoms with Gasteiger partial charge in [-0.2, -0.15) is 0 Å². The van der Waals surface area contributed by atoms with E-state index in [1.54, 1.807) is 0 Å². The fourth-order valence-corrected chi connectivity index (χ4v) is 4.17. The van der Waals surface area contributed by atoms with Crippen LogP contribution in [0.4, 0.5) is 0 Å². The highest BCUT2D eigenvalue weighted by molar-refractivity contribution is 5.38. The molecule has 116 valence electrons. The van der Waals surface area contributed by atoms with Crippen molar-refractivity contribution in [2.45, 2.75) is 69.7 Å². The topological polar surface area (TPSA) is 58.3 Å². The van der Waals surface area contributed by atoms with Gasteiger partial charge in [0.05, 0.1) is 6.10 Å². The van der Waals surface area contributed by atoms with Crippen molar-refractivity contribution in [1.82, 2.24) is 5.32 Å². The van der Waals surface area contributed by atoms with Crippen molar-refractivity contribution in [2.75, 3.05) is 0 Å². The third kappa shape index (κ3) is 3.15. The highest BCUT2D eigenvalue weighted by atomic mass is 16.3. The van der Waals surface area contributed by atoms with Crippen molar-refractivity contribution in [3.63, 3.8) is 0 Å². The van der Waals surface area contributed by atoms with Crippen LogP contribution in [0.2, 0.25) is 0 Å². The maximum absolute atomic E-state index is 10.2. The van der Waals surface area contributed by atoms with Crippen molar-refractivity contribution in [3.8, 4) is 0 Å². The average molecular weight is 288 g/mol. The Labute approximate surface area is 128 Å². The monoisotopic (exact) mass is 288 g/mol. The van der Waals surface area contributed by atoms with Gasteiger partial charge in [0.1, 0.15) is 0 Å². The van der Waals surface area contributed by atoms with Crippen LogP contribution >= 0.6 is 0 Å². The molecule has 3 heteroatoms. The Morgan fingerprint density at radius 2 is 2.19 bits per heavy atom. The molecule has 0 aromatic rings. The Hall–Kier alpha value is -0.900. The van der Waals surface area contributed by atoms with Gasteiger partial charge in [-0.1, -0.05) is 24.3 Å². The van der Waals surface area contributed by atoms with Gasteiger partial charge < -0.3 is 16.2 Å². The number of allylic oxidation sites excluding steroid dienone is 3. The Balaban J connectivity index is 1.71. The Morgan fingerprint density at radius 1 is 1.33 bits per heavy atom. The average Bonchev–Trinajstić information content (AvgIpc) is 2.48. The molecule has 0 aromatic carbocycles. The lowest BCUT2D eigenvalue weighted by Gasteiger charge is -2.38. The maximum atomic E-state index is 10.2. The van der Waals surface area contributed by atoms with E-state index in [1.165, 1.54) is 24.0 Å². The van der Waals surface area contributed by atoms with Crippen LogP contribution in [-0.4, -0.2) is 29.3 Å². The molecule has 5 atom stereocenters. The largest absolute Gasteiger partial charge is 0.389 e. The van der Waals surface area contributed by atoms with E-state index in [1.807, 2.05) is 6.08 Å². The van der Waals surface area contributed by atoms with E-state index in [0.717, 1.165) is 25.7 Å². The van der Waals surface area contributed by atoms with Gasteiger partial charge in [-0.25, -0.2) is 0 Å². The molecule has 0 radical (unpaired) electrons. The van der Waals surface area contributed by atoms with E-state index < -0.39 is 0 Å². The first-order chi connectivity index (χ1) is 10.2. The van der Waals surface area contributed by atoms with E-state index in [2.05, 4.69) is 30.5 Å². The van der Waals surface area contributed by atoms with Gasteiger partial charge in [0, 0.05) is 24.0 Å². The lowest BCUT2D eigenvalue weighted by Crippen LogP contribution is -2.49. The van der Waals surface area contributed by atoms with Crippen molar-refractivity contribution in [2.24, 2.45) is 11.7 Å². The second-order valence-corrected chi connectivity index (χ2v) is 6.79. The minimum absolute atomic E-state index is 0.208. The molecule has 3 aliphatic rings. The zero-order chi connectivity index (χ0) is 14.8. The summed E-state index contributed by atoms with van der Waals surface area (Å²) in [6.45, 7) is 2.21. The van der Waals surface area contributed by atoms with Gasteiger partial charge in [-0.05, 0) is 56.6 Å². The first-order valence-electron chi connectivity index (χ1n) is 8.42. The molecule has 21 heavy (non-hydrogen) atoms. The molecule has 3 rings (SSSR count). The van der Waals surface area contributed by atoms with E-state index in [-0.39, 0.29) is 12.1 Å². The van der Waals surface area contributed by atoms with E-state index in [0.29, 0.717) is 18.0 Å². The van der Waals surface area contributed by atoms with Crippen molar-refractivity contribution >= 4 is 0 Å². The molecule has 5 unspecified atom stereocenters. The van der Waals surface area contributed by atoms with Gasteiger partial charge >= 0.3 is 0 Å². The molecule has 4 N–H and O–H groups in total. The van der Waals surface area contributed by atoms with Gasteiger partial charge in [0.25, 0.3) is 0 Å². The summed E-state index contributed by atoms with van der Waals surface area (Å²) in [6, 6.07) is 0.873. The molecule has 0 fully saturated rings. The molecule has 0 spiro atoms. The second kappa shape index (κ2) is 6.47. The highest BCUT2D eigenvalue weighted by Gasteiger charge is 2.31. The second-order valence-electron chi connectivity index (χ2n) is 6.79. The number of hydrogen-bond donors (Lipinski definition) is 3. The van der Waals surface area contributed by atoms with Gasteiger partial charge in [-0.15, -0.1) is 0 Å². The minimum Gasteiger partial charge on any atom is -0.389 e. The van der Waals surface area contributed by atoms with Crippen molar-refractivity contribution in [1.29, 1.82) is 0 Å². The number of rotatable bonds is 3. The standard InChI is InChI=1S/C18H28N2O/c1-12(14-8-2-3-11-17(14)21)20-16-10-5-7-13-6-4-9-15(19)18(13)16/h3,5,7,11-12,14-17,20-21H,2,4,6,8-10,19H2,1H3. The molecule has 3 aliphatic carbocycles. The lowest BCUT2D eigenvalue weighted by atomic mass is 9.79. The lowest BCUT2D eigenvalue weighted by molar-refractivity contribution is 0.113. The molecule has 3 nitrogen and oxygen atoms in total. The SMILES string of the molecule is CC(NC1CC=CC2=C1C(N)CCC2)C1CCC=CC1O. The van der Waals surface area contributed by atoms with Crippen LogP contribution in [0.1, 0.15) is 45.4 Å². The maximum Gasteiger partial charge on any atom is 0.0763 e. The highest BCUT2D eigenvalue weighted by Crippen LogP contribution is 2.32. The van der Waals surface area contributed by atoms with Crippen LogP contribution in [0, 0.1) is 5.92 Å². The normalized spacial score (nSPS) is 37.5. The third-order valence-electron chi connectivity index (χ3n) is 5.34. The summed E-state index contributed by atoms with van der Waals surface area (Å²) in [4.78, 5) is 0. The smallest absolute Gasteiger partial charge is 0.0763 e. The molecule has 0 amide bonds. The first kappa shape index (κ1) is 15.0. The number of nitrogens with one attached hydrogen (secondary N) is 1. The molecule has 0 saturated carbocycles. The summed E-state index contributed by atoms with van der Waals surface area (Å²) >= 11 is 0. The predicted molar refractivity (Wildman–Crippen MR) is 86.9 cm³/mol. The van der Waals surface area contributed by atoms with Gasteiger partial charge in [0.15, 0.2) is 0 Å². The van der Waals surface area contributed by atoms with Crippen molar-refractivity contribution < 1.29 is 5.11 Å². The number of hydrogen-bond acceptors (Lipinski definition) is 3. The first-order valence-corrected chi connectivity index (χ1v) is 8.42. The van der Waals surface area contributed by atoms with Gasteiger partial charge in [0.2, 0.25) is 0 Å². The van der Waals surface area contributed by atoms with Crippen LogP contribution in [0.5, 0.6) is 0 Å². The fourth-order valence-electron chi connectivity index (χ4n) is 4.17. The fraction of sp³-hybridized carbons (Fsp3) is 0.667. The summed E-state index contributed by atoms with van der Waals surface area (Å²) in [7, 11) is 0. The zero-order valence-corrected chi connectivity index (χ0v) is 13.0. The quantitative estimate of drug-likeness (QED) is 0.699. The molecule has 0 bridgehead atoms. The van der Waals surface area contributed by atoms with Crippen LogP contribution in [0.3, 0.4) is 0 Å². The number of aliphatic hydroxyl groups excluding tert-OH is 1. The zero-order valence-electron chi connectivity index (χ0n) is 13.0. The summed E-state index contributed by atoms with van der Waals surface area (Å²) in [5.41, 5.74) is 9.25. The summed E-state index contributed by atoms with van der Waals surface area (Å²) < 4.78 is 0. The van der Waals surface area contributed by atoms with Crippen LogP contribution in [0.25, 0.3) is 0 Å². The molecule has 0 heterocycles. The van der Waals surface area contributed by atoms with E-state index in [4.69, 9.17) is 5.73 Å². The number of aliphatic hydroxyl groups is 1. The number of nitrogens with two attached hydrogens (primary N) is 1. The van der Waals surface area contributed by atoms with Crippen molar-refractivity contribution in [3.05, 3.63) is 35.5 Å². The van der Waals surface area contributed by atoms with E-state index >= 15 is 0 Å². The van der Waals surface area contributed by atoms with Crippen LogP contribution < -0.4 is 11.1 Å². The van der Waals surface area contributed by atoms with E-state index in [9.17, 15) is 5.11 Å². The van der Waals surface area contributed by atoms with Crippen LogP contribution in [-0.2, 0) is 0 Å². The molecule has 0 saturated heterocycles. The third-order valence-corrected chi connectivity index (χ3v) is 5.34. The molecule has 0 aliphatic heterocycles. The minimum atomic E-state index is -0.311. The predicted octanol–water partition coefficient (Wildman–Crippen LogP) is 2.43. The summed E-state index contributed by atoms with van der Waals surface area (Å²) in [6.07, 6.45) is 14.9. The van der Waals surface area contributed by atoms with Gasteiger partial charge in [-0.3, -0.25) is 0 Å². The van der Waals surface area contributed by atoms with Crippen LogP contribution in [0.15, 0.2) is 35.5 Å². The molecular weight excluding hydrogens is 260 g/mol. The summed E-state index contributed by atoms with van der Waals surface area (Å²) in [5, 5.41) is 13.9. The Bertz CT molecular complexity index is 466. The summed E-state index contributed by atoms with van der Waals surface area (Å²) in [5.74, 6) is 0.310. The molecular formula is C18H28N2O. The Kier molecular flexibility index (Phi) is 4.63.